The van der Waals surface area contributed by atoms with Crippen LogP contribution in [0.1, 0.15) is 25.5 Å². The maximum atomic E-state index is 11.4. The Morgan fingerprint density at radius 1 is 1.24 bits per heavy atom. The molecule has 2 rings (SSSR count). The van der Waals surface area contributed by atoms with E-state index in [1.54, 1.807) is 12.4 Å². The third-order valence-electron chi connectivity index (χ3n) is 2.54. The number of nitrogens with one attached hydrogen (secondary N) is 1. The van der Waals surface area contributed by atoms with Crippen LogP contribution in [0.2, 0.25) is 0 Å². The van der Waals surface area contributed by atoms with Crippen LogP contribution in [-0.2, 0) is 16.1 Å². The lowest BCUT2D eigenvalue weighted by molar-refractivity contribution is -0.139. The SMILES string of the molecule is CCNc1cnc(CN2C(=O)CCC2=O)cn1. The van der Waals surface area contributed by atoms with Gasteiger partial charge in [0, 0.05) is 19.4 Å². The highest BCUT2D eigenvalue weighted by Gasteiger charge is 2.28. The Bertz CT molecular complexity index is 414. The van der Waals surface area contributed by atoms with Crippen LogP contribution in [0.15, 0.2) is 12.4 Å². The van der Waals surface area contributed by atoms with Gasteiger partial charge in [0.05, 0.1) is 24.6 Å². The molecule has 1 saturated heterocycles. The average molecular weight is 234 g/mol. The van der Waals surface area contributed by atoms with Gasteiger partial charge in [-0.05, 0) is 6.92 Å². The fraction of sp³-hybridized carbons (Fsp3) is 0.455. The fourth-order valence-electron chi connectivity index (χ4n) is 1.67. The third kappa shape index (κ3) is 2.58. The molecule has 0 spiro atoms. The minimum Gasteiger partial charge on any atom is -0.369 e. The summed E-state index contributed by atoms with van der Waals surface area (Å²) in [6.45, 7) is 2.96. The molecule has 17 heavy (non-hydrogen) atoms. The molecule has 1 fully saturated rings. The number of amides is 2. The van der Waals surface area contributed by atoms with Gasteiger partial charge in [-0.2, -0.15) is 0 Å². The van der Waals surface area contributed by atoms with Gasteiger partial charge in [0.2, 0.25) is 11.8 Å². The van der Waals surface area contributed by atoms with E-state index in [0.29, 0.717) is 24.4 Å². The van der Waals surface area contributed by atoms with Gasteiger partial charge in [0.1, 0.15) is 5.82 Å². The Labute approximate surface area is 99.1 Å². The zero-order valence-corrected chi connectivity index (χ0v) is 9.64. The normalized spacial score (nSPS) is 15.5. The van der Waals surface area contributed by atoms with Crippen molar-refractivity contribution in [2.75, 3.05) is 11.9 Å². The van der Waals surface area contributed by atoms with Crippen molar-refractivity contribution in [2.45, 2.75) is 26.3 Å². The molecule has 0 unspecified atom stereocenters. The fourth-order valence-corrected chi connectivity index (χ4v) is 1.67. The third-order valence-corrected chi connectivity index (χ3v) is 2.54. The first-order chi connectivity index (χ1) is 8.20. The second-order valence-electron chi connectivity index (χ2n) is 3.80. The highest BCUT2D eigenvalue weighted by molar-refractivity contribution is 6.01. The summed E-state index contributed by atoms with van der Waals surface area (Å²) in [5.41, 5.74) is 0.621. The summed E-state index contributed by atoms with van der Waals surface area (Å²) in [5, 5.41) is 3.02. The maximum absolute atomic E-state index is 11.4. The summed E-state index contributed by atoms with van der Waals surface area (Å²) in [6.07, 6.45) is 3.80. The molecule has 6 nitrogen and oxygen atoms in total. The monoisotopic (exact) mass is 234 g/mol. The van der Waals surface area contributed by atoms with Crippen molar-refractivity contribution in [3.63, 3.8) is 0 Å². The summed E-state index contributed by atoms with van der Waals surface area (Å²) in [5.74, 6) is 0.426. The van der Waals surface area contributed by atoms with Gasteiger partial charge in [-0.15, -0.1) is 0 Å². The lowest BCUT2D eigenvalue weighted by Crippen LogP contribution is -2.28. The molecular formula is C11H14N4O2. The lowest BCUT2D eigenvalue weighted by atomic mass is 10.4. The van der Waals surface area contributed by atoms with Crippen molar-refractivity contribution in [3.8, 4) is 0 Å². The van der Waals surface area contributed by atoms with Crippen LogP contribution < -0.4 is 5.32 Å². The Balaban J connectivity index is 2.03. The average Bonchev–Trinajstić information content (AvgIpc) is 2.64. The van der Waals surface area contributed by atoms with Gasteiger partial charge >= 0.3 is 0 Å². The first-order valence-corrected chi connectivity index (χ1v) is 5.58. The van der Waals surface area contributed by atoms with Crippen LogP contribution in [0.5, 0.6) is 0 Å². The van der Waals surface area contributed by atoms with E-state index < -0.39 is 0 Å². The van der Waals surface area contributed by atoms with E-state index >= 15 is 0 Å². The van der Waals surface area contributed by atoms with Crippen LogP contribution in [0, 0.1) is 0 Å². The predicted molar refractivity (Wildman–Crippen MR) is 61.0 cm³/mol. The standard InChI is InChI=1S/C11H14N4O2/c1-2-12-9-6-13-8(5-14-9)7-15-10(16)3-4-11(15)17/h5-6H,2-4,7H2,1H3,(H,12,14). The number of hydrogen-bond acceptors (Lipinski definition) is 5. The Morgan fingerprint density at radius 2 is 1.94 bits per heavy atom. The van der Waals surface area contributed by atoms with E-state index in [9.17, 15) is 9.59 Å². The number of hydrogen-bond donors (Lipinski definition) is 1. The van der Waals surface area contributed by atoms with E-state index in [4.69, 9.17) is 0 Å². The molecule has 0 radical (unpaired) electrons. The predicted octanol–water partition coefficient (Wildman–Crippen LogP) is 0.557. The molecule has 1 aliphatic rings. The van der Waals surface area contributed by atoms with E-state index in [1.165, 1.54) is 4.90 Å². The molecule has 1 aromatic rings. The van der Waals surface area contributed by atoms with Crippen molar-refractivity contribution < 1.29 is 9.59 Å². The van der Waals surface area contributed by atoms with Crippen molar-refractivity contribution in [1.82, 2.24) is 14.9 Å². The van der Waals surface area contributed by atoms with Gasteiger partial charge in [-0.1, -0.05) is 0 Å². The maximum Gasteiger partial charge on any atom is 0.230 e. The van der Waals surface area contributed by atoms with Crippen LogP contribution in [0.3, 0.4) is 0 Å². The van der Waals surface area contributed by atoms with Crippen LogP contribution in [-0.4, -0.2) is 33.2 Å². The first-order valence-electron chi connectivity index (χ1n) is 5.58. The van der Waals surface area contributed by atoms with E-state index in [-0.39, 0.29) is 18.4 Å². The second kappa shape index (κ2) is 4.90. The van der Waals surface area contributed by atoms with Crippen molar-refractivity contribution in [1.29, 1.82) is 0 Å². The summed E-state index contributed by atoms with van der Waals surface area (Å²) in [7, 11) is 0. The van der Waals surface area contributed by atoms with E-state index in [2.05, 4.69) is 15.3 Å². The van der Waals surface area contributed by atoms with Crippen molar-refractivity contribution in [2.24, 2.45) is 0 Å². The van der Waals surface area contributed by atoms with Gasteiger partial charge in [-0.3, -0.25) is 19.5 Å². The highest BCUT2D eigenvalue weighted by Crippen LogP contribution is 2.14. The number of nitrogens with zero attached hydrogens (tertiary/aromatic N) is 3. The van der Waals surface area contributed by atoms with Crippen LogP contribution >= 0.6 is 0 Å². The minimum absolute atomic E-state index is 0.132. The molecule has 1 aliphatic heterocycles. The lowest BCUT2D eigenvalue weighted by Gasteiger charge is -2.12. The summed E-state index contributed by atoms with van der Waals surface area (Å²) in [6, 6.07) is 0. The molecule has 0 bridgehead atoms. The number of imide groups is 1. The van der Waals surface area contributed by atoms with Gasteiger partial charge in [-0.25, -0.2) is 4.98 Å². The molecule has 2 amide bonds. The number of carbonyl (C=O) groups excluding carboxylic acids is 2. The summed E-state index contributed by atoms with van der Waals surface area (Å²) >= 11 is 0. The molecule has 2 heterocycles. The van der Waals surface area contributed by atoms with E-state index in [1.807, 2.05) is 6.92 Å². The van der Waals surface area contributed by atoms with Gasteiger partial charge in [0.15, 0.2) is 0 Å². The van der Waals surface area contributed by atoms with Gasteiger partial charge < -0.3 is 5.32 Å². The molecular weight excluding hydrogens is 220 g/mol. The number of carbonyl (C=O) groups is 2. The van der Waals surface area contributed by atoms with Crippen LogP contribution in [0.4, 0.5) is 5.82 Å². The molecule has 0 saturated carbocycles. The Kier molecular flexibility index (Phi) is 3.32. The highest BCUT2D eigenvalue weighted by atomic mass is 16.2. The molecule has 0 aliphatic carbocycles. The summed E-state index contributed by atoms with van der Waals surface area (Å²) < 4.78 is 0. The van der Waals surface area contributed by atoms with Gasteiger partial charge in [0.25, 0.3) is 0 Å². The first kappa shape index (κ1) is 11.5. The largest absolute Gasteiger partial charge is 0.369 e. The number of rotatable bonds is 4. The number of aromatic nitrogens is 2. The van der Waals surface area contributed by atoms with E-state index in [0.717, 1.165) is 6.54 Å². The minimum atomic E-state index is -0.132. The molecule has 1 aromatic heterocycles. The quantitative estimate of drug-likeness (QED) is 0.770. The van der Waals surface area contributed by atoms with Crippen molar-refractivity contribution >= 4 is 17.6 Å². The Morgan fingerprint density at radius 3 is 2.47 bits per heavy atom. The zero-order valence-electron chi connectivity index (χ0n) is 9.64. The molecule has 6 heteroatoms. The molecule has 90 valence electrons. The molecule has 0 aromatic carbocycles. The Hall–Kier alpha value is -1.98. The number of likely N-dealkylation sites (tertiary alicyclic amines) is 1. The topological polar surface area (TPSA) is 75.2 Å². The summed E-state index contributed by atoms with van der Waals surface area (Å²) in [4.78, 5) is 32.3. The smallest absolute Gasteiger partial charge is 0.230 e. The number of anilines is 1. The van der Waals surface area contributed by atoms with Crippen LogP contribution in [0.25, 0.3) is 0 Å². The van der Waals surface area contributed by atoms with Crippen molar-refractivity contribution in [3.05, 3.63) is 18.1 Å². The molecule has 0 atom stereocenters. The zero-order chi connectivity index (χ0) is 12.3. The second-order valence-corrected chi connectivity index (χ2v) is 3.80. The molecule has 1 N–H and O–H groups in total.